The van der Waals surface area contributed by atoms with Crippen molar-refractivity contribution in [1.29, 1.82) is 5.26 Å². The first kappa shape index (κ1) is 13.7. The van der Waals surface area contributed by atoms with Crippen molar-refractivity contribution >= 4 is 34.3 Å². The van der Waals surface area contributed by atoms with E-state index in [1.54, 1.807) is 0 Å². The van der Waals surface area contributed by atoms with Gasteiger partial charge in [0.1, 0.15) is 16.7 Å². The van der Waals surface area contributed by atoms with E-state index in [1.165, 1.54) is 23.5 Å². The standard InChI is InChI=1S/C12H13N3S2/c1-16-11(14)10(8-13)12(17-2)15-9-6-4-3-5-7-9/h3-7H,14H2,1-2H3/b11-10+,15-12?. The molecule has 0 spiro atoms. The second-order valence-corrected chi connectivity index (χ2v) is 4.65. The lowest BCUT2D eigenvalue weighted by atomic mass is 10.3. The Morgan fingerprint density at radius 3 is 2.35 bits per heavy atom. The van der Waals surface area contributed by atoms with Gasteiger partial charge < -0.3 is 5.73 Å². The number of para-hydroxylation sites is 1. The molecule has 1 aromatic carbocycles. The second-order valence-electron chi connectivity index (χ2n) is 3.01. The molecule has 0 aliphatic rings. The molecule has 88 valence electrons. The number of aliphatic imine (C=N–C) groups is 1. The van der Waals surface area contributed by atoms with Crippen LogP contribution >= 0.6 is 23.5 Å². The van der Waals surface area contributed by atoms with Crippen molar-refractivity contribution in [3.05, 3.63) is 40.9 Å². The lowest BCUT2D eigenvalue weighted by Crippen LogP contribution is -2.04. The Bertz CT molecular complexity index is 472. The fourth-order valence-electron chi connectivity index (χ4n) is 1.13. The number of rotatable bonds is 3. The molecule has 0 heterocycles. The average Bonchev–Trinajstić information content (AvgIpc) is 2.39. The van der Waals surface area contributed by atoms with Crippen molar-refractivity contribution in [2.75, 3.05) is 12.5 Å². The SMILES string of the molecule is CSC(=Nc1ccccc1)/C(C#N)=C(\N)SC. The van der Waals surface area contributed by atoms with E-state index in [0.29, 0.717) is 15.6 Å². The van der Waals surface area contributed by atoms with Crippen molar-refractivity contribution in [3.8, 4) is 6.07 Å². The molecule has 0 amide bonds. The number of nitrogens with zero attached hydrogens (tertiary/aromatic N) is 2. The molecule has 17 heavy (non-hydrogen) atoms. The largest absolute Gasteiger partial charge is 0.392 e. The van der Waals surface area contributed by atoms with Crippen LogP contribution in [0.3, 0.4) is 0 Å². The summed E-state index contributed by atoms with van der Waals surface area (Å²) >= 11 is 2.77. The van der Waals surface area contributed by atoms with Gasteiger partial charge in [-0.3, -0.25) is 0 Å². The maximum absolute atomic E-state index is 9.11. The van der Waals surface area contributed by atoms with Crippen LogP contribution in [0.5, 0.6) is 0 Å². The van der Waals surface area contributed by atoms with Gasteiger partial charge in [0, 0.05) is 0 Å². The number of hydrogen-bond acceptors (Lipinski definition) is 5. The van der Waals surface area contributed by atoms with E-state index in [1.807, 2.05) is 42.8 Å². The van der Waals surface area contributed by atoms with E-state index >= 15 is 0 Å². The average molecular weight is 263 g/mol. The molecule has 0 saturated heterocycles. The first-order valence-electron chi connectivity index (χ1n) is 4.84. The molecule has 0 atom stereocenters. The first-order valence-corrected chi connectivity index (χ1v) is 7.29. The van der Waals surface area contributed by atoms with Crippen LogP contribution in [0.4, 0.5) is 5.69 Å². The molecule has 2 N–H and O–H groups in total. The molecule has 0 saturated carbocycles. The highest BCUT2D eigenvalue weighted by molar-refractivity contribution is 8.14. The summed E-state index contributed by atoms with van der Waals surface area (Å²) in [7, 11) is 0. The molecule has 0 aliphatic heterocycles. The highest BCUT2D eigenvalue weighted by Gasteiger charge is 2.10. The normalized spacial score (nSPS) is 12.9. The lowest BCUT2D eigenvalue weighted by Gasteiger charge is -2.04. The van der Waals surface area contributed by atoms with Gasteiger partial charge in [-0.1, -0.05) is 18.2 Å². The van der Waals surface area contributed by atoms with Crippen LogP contribution in [0.15, 0.2) is 45.9 Å². The predicted octanol–water partition coefficient (Wildman–Crippen LogP) is 3.14. The Labute approximate surface area is 110 Å². The Kier molecular flexibility index (Phi) is 5.67. The zero-order valence-electron chi connectivity index (χ0n) is 9.68. The first-order chi connectivity index (χ1) is 8.22. The maximum Gasteiger partial charge on any atom is 0.117 e. The topological polar surface area (TPSA) is 62.2 Å². The van der Waals surface area contributed by atoms with E-state index in [9.17, 15) is 0 Å². The van der Waals surface area contributed by atoms with Crippen LogP contribution in [0.1, 0.15) is 0 Å². The lowest BCUT2D eigenvalue weighted by molar-refractivity contribution is 1.45. The molecular formula is C12H13N3S2. The summed E-state index contributed by atoms with van der Waals surface area (Å²) in [6.07, 6.45) is 3.72. The van der Waals surface area contributed by atoms with Crippen molar-refractivity contribution in [1.82, 2.24) is 0 Å². The zero-order chi connectivity index (χ0) is 12.7. The van der Waals surface area contributed by atoms with Crippen molar-refractivity contribution in [2.45, 2.75) is 0 Å². The van der Waals surface area contributed by atoms with Crippen molar-refractivity contribution in [3.63, 3.8) is 0 Å². The fourth-order valence-corrected chi connectivity index (χ4v) is 2.10. The van der Waals surface area contributed by atoms with Crippen LogP contribution in [-0.4, -0.2) is 17.6 Å². The molecular weight excluding hydrogens is 250 g/mol. The number of nitrogens with two attached hydrogens (primary N) is 1. The number of nitriles is 1. The van der Waals surface area contributed by atoms with E-state index in [2.05, 4.69) is 11.1 Å². The molecule has 0 fully saturated rings. The molecule has 0 aromatic heterocycles. The highest BCUT2D eigenvalue weighted by atomic mass is 32.2. The summed E-state index contributed by atoms with van der Waals surface area (Å²) in [5, 5.41) is 10.3. The maximum atomic E-state index is 9.11. The fraction of sp³-hybridized carbons (Fsp3) is 0.167. The third-order valence-electron chi connectivity index (χ3n) is 1.97. The van der Waals surface area contributed by atoms with Gasteiger partial charge >= 0.3 is 0 Å². The summed E-state index contributed by atoms with van der Waals surface area (Å²) < 4.78 is 0. The van der Waals surface area contributed by atoms with Crippen LogP contribution in [0, 0.1) is 11.3 Å². The quantitative estimate of drug-likeness (QED) is 0.517. The van der Waals surface area contributed by atoms with Gasteiger partial charge in [0.15, 0.2) is 0 Å². The molecule has 0 radical (unpaired) electrons. The van der Waals surface area contributed by atoms with E-state index in [0.717, 1.165) is 5.69 Å². The van der Waals surface area contributed by atoms with E-state index in [-0.39, 0.29) is 0 Å². The van der Waals surface area contributed by atoms with Crippen LogP contribution in [-0.2, 0) is 0 Å². The second kappa shape index (κ2) is 7.05. The minimum Gasteiger partial charge on any atom is -0.392 e. The van der Waals surface area contributed by atoms with Crippen molar-refractivity contribution in [2.24, 2.45) is 10.7 Å². The van der Waals surface area contributed by atoms with Crippen LogP contribution in [0.2, 0.25) is 0 Å². The van der Waals surface area contributed by atoms with Gasteiger partial charge in [-0.05, 0) is 24.6 Å². The Morgan fingerprint density at radius 2 is 1.88 bits per heavy atom. The Morgan fingerprint density at radius 1 is 1.24 bits per heavy atom. The molecule has 0 bridgehead atoms. The van der Waals surface area contributed by atoms with E-state index < -0.39 is 0 Å². The third-order valence-corrected chi connectivity index (χ3v) is 3.30. The van der Waals surface area contributed by atoms with E-state index in [4.69, 9.17) is 11.0 Å². The molecule has 3 nitrogen and oxygen atoms in total. The molecule has 1 aromatic rings. The van der Waals surface area contributed by atoms with Gasteiger partial charge in [-0.2, -0.15) is 5.26 Å². The monoisotopic (exact) mass is 263 g/mol. The summed E-state index contributed by atoms with van der Waals surface area (Å²) in [6, 6.07) is 11.6. The molecule has 1 rings (SSSR count). The smallest absolute Gasteiger partial charge is 0.117 e. The molecule has 0 aliphatic carbocycles. The summed E-state index contributed by atoms with van der Waals surface area (Å²) in [5.41, 5.74) is 7.04. The van der Waals surface area contributed by atoms with Crippen LogP contribution in [0.25, 0.3) is 0 Å². The third kappa shape index (κ3) is 3.84. The van der Waals surface area contributed by atoms with Gasteiger partial charge in [0.05, 0.1) is 10.7 Å². The minimum atomic E-state index is 0.439. The Hall–Kier alpha value is -1.38. The Balaban J connectivity index is 3.17. The predicted molar refractivity (Wildman–Crippen MR) is 77.4 cm³/mol. The zero-order valence-corrected chi connectivity index (χ0v) is 11.3. The summed E-state index contributed by atoms with van der Waals surface area (Å²) in [4.78, 5) is 4.42. The number of benzene rings is 1. The molecule has 0 unspecified atom stereocenters. The number of hydrogen-bond donors (Lipinski definition) is 1. The summed E-state index contributed by atoms with van der Waals surface area (Å²) in [5.74, 6) is 0. The summed E-state index contributed by atoms with van der Waals surface area (Å²) in [6.45, 7) is 0. The van der Waals surface area contributed by atoms with Crippen molar-refractivity contribution < 1.29 is 0 Å². The van der Waals surface area contributed by atoms with Gasteiger partial charge in [-0.15, -0.1) is 23.5 Å². The minimum absolute atomic E-state index is 0.439. The van der Waals surface area contributed by atoms with Gasteiger partial charge in [0.2, 0.25) is 0 Å². The van der Waals surface area contributed by atoms with Gasteiger partial charge in [-0.25, -0.2) is 4.99 Å². The molecule has 5 heteroatoms. The van der Waals surface area contributed by atoms with Crippen LogP contribution < -0.4 is 5.73 Å². The number of thioether (sulfide) groups is 2. The highest BCUT2D eigenvalue weighted by Crippen LogP contribution is 2.21. The van der Waals surface area contributed by atoms with Gasteiger partial charge in [0.25, 0.3) is 0 Å².